The molecule has 5 rings (SSSR count). The molecular weight excluding hydrogens is 476 g/mol. The molecule has 1 N–H and O–H groups in total. The average molecular weight is 497 g/mol. The number of carboxylic acid groups (broad SMARTS) is 1. The van der Waals surface area contributed by atoms with Gasteiger partial charge >= 0.3 is 5.97 Å². The van der Waals surface area contributed by atoms with Crippen molar-refractivity contribution >= 4 is 51.2 Å². The van der Waals surface area contributed by atoms with Crippen LogP contribution in [0.25, 0.3) is 16.8 Å². The van der Waals surface area contributed by atoms with Crippen molar-refractivity contribution in [2.75, 3.05) is 4.90 Å². The zero-order chi connectivity index (χ0) is 25.6. The van der Waals surface area contributed by atoms with Gasteiger partial charge in [-0.25, -0.2) is 4.79 Å². The zero-order valence-electron chi connectivity index (χ0n) is 19.6. The molecule has 176 valence electrons. The van der Waals surface area contributed by atoms with E-state index in [0.29, 0.717) is 4.88 Å². The predicted octanol–water partition coefficient (Wildman–Crippen LogP) is 7.76. The molecule has 0 spiro atoms. The first-order valence-electron chi connectivity index (χ1n) is 11.5. The molecular formula is C32H20N2O2S. The number of fused-ring (bicyclic) bond motifs is 1. The van der Waals surface area contributed by atoms with Crippen LogP contribution in [0.5, 0.6) is 0 Å². The first kappa shape index (κ1) is 23.6. The average Bonchev–Trinajstić information content (AvgIpc) is 3.39. The van der Waals surface area contributed by atoms with Crippen molar-refractivity contribution in [1.29, 1.82) is 5.26 Å². The van der Waals surface area contributed by atoms with Gasteiger partial charge in [0.15, 0.2) is 0 Å². The van der Waals surface area contributed by atoms with Gasteiger partial charge in [0.1, 0.15) is 11.6 Å². The Morgan fingerprint density at radius 1 is 0.757 bits per heavy atom. The number of benzene rings is 4. The Hall–Kier alpha value is -5.10. The maximum Gasteiger partial charge on any atom is 0.346 e. The lowest BCUT2D eigenvalue weighted by molar-refractivity contribution is -0.132. The van der Waals surface area contributed by atoms with E-state index in [9.17, 15) is 4.79 Å². The second-order valence-electron chi connectivity index (χ2n) is 8.11. The fraction of sp³-hybridized carbons (Fsp3) is 0. The van der Waals surface area contributed by atoms with Crippen molar-refractivity contribution in [2.45, 2.75) is 0 Å². The van der Waals surface area contributed by atoms with E-state index in [4.69, 9.17) is 10.4 Å². The monoisotopic (exact) mass is 496 g/mol. The standard InChI is InChI=1S/C32H20N2O2S/c33-22-24(32(35)36)21-28-19-18-27(37-28)17-15-23-16-20-31(30-14-8-7-13-29(23)30)34(25-9-3-1-4-10-25)26-11-5-2-6-12-26/h1-14,16,18-21H,(H,35,36)/b24-21+. The fourth-order valence-corrected chi connectivity index (χ4v) is 4.88. The minimum Gasteiger partial charge on any atom is -0.477 e. The molecule has 5 aromatic rings. The normalized spacial score (nSPS) is 10.8. The summed E-state index contributed by atoms with van der Waals surface area (Å²) >= 11 is 1.35. The van der Waals surface area contributed by atoms with Crippen molar-refractivity contribution in [1.82, 2.24) is 0 Å². The minimum absolute atomic E-state index is 0.302. The van der Waals surface area contributed by atoms with Gasteiger partial charge in [0, 0.05) is 27.2 Å². The highest BCUT2D eigenvalue weighted by atomic mass is 32.1. The van der Waals surface area contributed by atoms with Crippen LogP contribution in [0.15, 0.2) is 115 Å². The van der Waals surface area contributed by atoms with Gasteiger partial charge in [-0.1, -0.05) is 72.5 Å². The van der Waals surface area contributed by atoms with Crippen molar-refractivity contribution in [3.05, 3.63) is 130 Å². The van der Waals surface area contributed by atoms with E-state index in [1.165, 1.54) is 17.4 Å². The molecule has 0 bridgehead atoms. The van der Waals surface area contributed by atoms with E-state index in [1.54, 1.807) is 12.1 Å². The van der Waals surface area contributed by atoms with Gasteiger partial charge in [0.25, 0.3) is 0 Å². The zero-order valence-corrected chi connectivity index (χ0v) is 20.4. The Morgan fingerprint density at radius 3 is 2.00 bits per heavy atom. The minimum atomic E-state index is -1.24. The van der Waals surface area contributed by atoms with Crippen LogP contribution in [0.1, 0.15) is 15.3 Å². The summed E-state index contributed by atoms with van der Waals surface area (Å²) in [5.74, 6) is 5.25. The number of anilines is 3. The summed E-state index contributed by atoms with van der Waals surface area (Å²) in [7, 11) is 0. The predicted molar refractivity (Wildman–Crippen MR) is 150 cm³/mol. The first-order chi connectivity index (χ1) is 18.1. The molecule has 1 aromatic heterocycles. The van der Waals surface area contributed by atoms with Gasteiger partial charge < -0.3 is 10.0 Å². The van der Waals surface area contributed by atoms with Crippen LogP contribution in [0.3, 0.4) is 0 Å². The SMILES string of the molecule is N#C/C(=C\c1ccc(C#Cc2ccc(N(c3ccccc3)c3ccccc3)c3ccccc23)s1)C(=O)O. The topological polar surface area (TPSA) is 64.3 Å². The summed E-state index contributed by atoms with van der Waals surface area (Å²) < 4.78 is 0. The van der Waals surface area contributed by atoms with Gasteiger partial charge in [0.2, 0.25) is 0 Å². The van der Waals surface area contributed by atoms with Crippen LogP contribution in [0.4, 0.5) is 17.1 Å². The molecule has 37 heavy (non-hydrogen) atoms. The van der Waals surface area contributed by atoms with Crippen LogP contribution in [-0.4, -0.2) is 11.1 Å². The van der Waals surface area contributed by atoms with Gasteiger partial charge in [-0.3, -0.25) is 0 Å². The molecule has 0 saturated carbocycles. The molecule has 0 amide bonds. The molecule has 0 fully saturated rings. The maximum atomic E-state index is 11.1. The lowest BCUT2D eigenvalue weighted by Crippen LogP contribution is -2.10. The van der Waals surface area contributed by atoms with Crippen molar-refractivity contribution in [2.24, 2.45) is 0 Å². The quantitative estimate of drug-likeness (QED) is 0.153. The number of carbonyl (C=O) groups is 1. The number of nitrogens with zero attached hydrogens (tertiary/aromatic N) is 2. The fourth-order valence-electron chi connectivity index (χ4n) is 4.08. The lowest BCUT2D eigenvalue weighted by atomic mass is 10.0. The molecule has 1 heterocycles. The number of hydrogen-bond donors (Lipinski definition) is 1. The van der Waals surface area contributed by atoms with Crippen LogP contribution in [-0.2, 0) is 4.79 Å². The van der Waals surface area contributed by atoms with E-state index < -0.39 is 5.97 Å². The van der Waals surface area contributed by atoms with Crippen LogP contribution in [0.2, 0.25) is 0 Å². The van der Waals surface area contributed by atoms with Gasteiger partial charge in [-0.2, -0.15) is 5.26 Å². The van der Waals surface area contributed by atoms with Crippen molar-refractivity contribution < 1.29 is 9.90 Å². The van der Waals surface area contributed by atoms with E-state index >= 15 is 0 Å². The largest absolute Gasteiger partial charge is 0.477 e. The lowest BCUT2D eigenvalue weighted by Gasteiger charge is -2.27. The first-order valence-corrected chi connectivity index (χ1v) is 12.3. The molecule has 0 unspecified atom stereocenters. The summed E-state index contributed by atoms with van der Waals surface area (Å²) in [5, 5.41) is 20.2. The van der Waals surface area contributed by atoms with Crippen LogP contribution >= 0.6 is 11.3 Å². The summed E-state index contributed by atoms with van der Waals surface area (Å²) in [6.07, 6.45) is 1.37. The number of thiophene rings is 1. The summed E-state index contributed by atoms with van der Waals surface area (Å²) in [6, 6.07) is 38.2. The molecule has 0 saturated heterocycles. The number of rotatable bonds is 5. The second kappa shape index (κ2) is 10.7. The highest BCUT2D eigenvalue weighted by molar-refractivity contribution is 7.13. The van der Waals surface area contributed by atoms with Crippen LogP contribution < -0.4 is 4.90 Å². The maximum absolute atomic E-state index is 11.1. The number of aliphatic carboxylic acids is 1. The molecule has 0 atom stereocenters. The Morgan fingerprint density at radius 2 is 1.38 bits per heavy atom. The molecule has 0 aliphatic heterocycles. The molecule has 0 aliphatic carbocycles. The third kappa shape index (κ3) is 5.13. The Bertz CT molecular complexity index is 1680. The smallest absolute Gasteiger partial charge is 0.346 e. The van der Waals surface area contributed by atoms with Gasteiger partial charge in [-0.05, 0) is 60.0 Å². The molecule has 0 radical (unpaired) electrons. The Balaban J connectivity index is 1.57. The number of carboxylic acids is 1. The van der Waals surface area contributed by atoms with Crippen molar-refractivity contribution in [3.63, 3.8) is 0 Å². The molecule has 4 nitrogen and oxygen atoms in total. The molecule has 0 aliphatic rings. The molecule has 5 heteroatoms. The van der Waals surface area contributed by atoms with Crippen molar-refractivity contribution in [3.8, 4) is 17.9 Å². The Kier molecular flexibility index (Phi) is 6.81. The third-order valence-corrected chi connectivity index (χ3v) is 6.70. The van der Waals surface area contributed by atoms with E-state index in [2.05, 4.69) is 59.2 Å². The second-order valence-corrected chi connectivity index (χ2v) is 9.23. The van der Waals surface area contributed by atoms with E-state index in [0.717, 1.165) is 38.3 Å². The van der Waals surface area contributed by atoms with Gasteiger partial charge in [0.05, 0.1) is 10.6 Å². The van der Waals surface area contributed by atoms with E-state index in [1.807, 2.05) is 60.7 Å². The number of hydrogen-bond acceptors (Lipinski definition) is 4. The van der Waals surface area contributed by atoms with Gasteiger partial charge in [-0.15, -0.1) is 11.3 Å². The van der Waals surface area contributed by atoms with Crippen LogP contribution in [0, 0.1) is 23.2 Å². The summed E-state index contributed by atoms with van der Waals surface area (Å²) in [5.41, 5.74) is 3.78. The van der Waals surface area contributed by atoms with E-state index in [-0.39, 0.29) is 5.57 Å². The number of para-hydroxylation sites is 2. The summed E-state index contributed by atoms with van der Waals surface area (Å²) in [4.78, 5) is 14.8. The third-order valence-electron chi connectivity index (χ3n) is 5.76. The Labute approximate surface area is 219 Å². The molecule has 4 aromatic carbocycles. The summed E-state index contributed by atoms with van der Waals surface area (Å²) in [6.45, 7) is 0. The highest BCUT2D eigenvalue weighted by Crippen LogP contribution is 2.39. The number of nitriles is 1. The highest BCUT2D eigenvalue weighted by Gasteiger charge is 2.15.